The predicted molar refractivity (Wildman–Crippen MR) is 96.8 cm³/mol. The van der Waals surface area contributed by atoms with E-state index in [1.165, 1.54) is 5.56 Å². The lowest BCUT2D eigenvalue weighted by atomic mass is 10.0. The van der Waals surface area contributed by atoms with Gasteiger partial charge in [0.2, 0.25) is 0 Å². The van der Waals surface area contributed by atoms with E-state index < -0.39 is 11.9 Å². The molecule has 0 fully saturated rings. The molecule has 4 rings (SSSR count). The first-order chi connectivity index (χ1) is 12.9. The van der Waals surface area contributed by atoms with Crippen LogP contribution in [0.5, 0.6) is 0 Å². The lowest BCUT2D eigenvalue weighted by molar-refractivity contribution is -0.141. The number of hydrogen-bond acceptors (Lipinski definition) is 2. The van der Waals surface area contributed by atoms with Gasteiger partial charge < -0.3 is 4.98 Å². The molecule has 3 aromatic heterocycles. The van der Waals surface area contributed by atoms with Crippen molar-refractivity contribution in [1.29, 1.82) is 0 Å². The quantitative estimate of drug-likeness (QED) is 0.504. The van der Waals surface area contributed by atoms with Crippen molar-refractivity contribution in [3.05, 3.63) is 72.1 Å². The maximum absolute atomic E-state index is 12.7. The number of pyridine rings is 1. The number of aryl methyl sites for hydroxylation is 1. The molecule has 0 amide bonds. The summed E-state index contributed by atoms with van der Waals surface area (Å²) in [4.78, 5) is 7.46. The minimum Gasteiger partial charge on any atom is -0.352 e. The number of rotatable bonds is 3. The summed E-state index contributed by atoms with van der Waals surface area (Å²) >= 11 is 0. The molecule has 3 heterocycles. The second-order valence-corrected chi connectivity index (χ2v) is 6.25. The van der Waals surface area contributed by atoms with Gasteiger partial charge in [0.15, 0.2) is 5.69 Å². The maximum atomic E-state index is 12.7. The third-order valence-corrected chi connectivity index (χ3v) is 4.27. The minimum atomic E-state index is -4.48. The molecule has 2 N–H and O–H groups in total. The zero-order valence-electron chi connectivity index (χ0n) is 14.3. The van der Waals surface area contributed by atoms with Gasteiger partial charge >= 0.3 is 6.18 Å². The Hall–Kier alpha value is -3.35. The Labute approximate surface area is 153 Å². The molecular weight excluding hydrogens is 353 g/mol. The van der Waals surface area contributed by atoms with Gasteiger partial charge in [0.25, 0.3) is 0 Å². The molecule has 0 saturated heterocycles. The van der Waals surface area contributed by atoms with E-state index in [0.29, 0.717) is 17.1 Å². The molecule has 4 nitrogen and oxygen atoms in total. The van der Waals surface area contributed by atoms with Crippen molar-refractivity contribution in [2.45, 2.75) is 13.1 Å². The molecule has 136 valence electrons. The van der Waals surface area contributed by atoms with Crippen LogP contribution >= 0.6 is 0 Å². The number of halogens is 3. The van der Waals surface area contributed by atoms with Gasteiger partial charge in [-0.15, -0.1) is 0 Å². The summed E-state index contributed by atoms with van der Waals surface area (Å²) < 4.78 is 38.1. The number of hydrogen-bond donors (Lipinski definition) is 2. The number of benzene rings is 1. The van der Waals surface area contributed by atoms with Gasteiger partial charge in [-0.2, -0.15) is 18.3 Å². The zero-order chi connectivity index (χ0) is 19.0. The van der Waals surface area contributed by atoms with E-state index in [1.54, 1.807) is 18.3 Å². The highest BCUT2D eigenvalue weighted by Gasteiger charge is 2.34. The lowest BCUT2D eigenvalue weighted by Crippen LogP contribution is -2.04. The number of alkyl halides is 3. The van der Waals surface area contributed by atoms with Crippen molar-refractivity contribution in [2.75, 3.05) is 0 Å². The van der Waals surface area contributed by atoms with Gasteiger partial charge in [-0.1, -0.05) is 29.8 Å². The Morgan fingerprint density at radius 2 is 1.56 bits per heavy atom. The Balaban J connectivity index is 1.65. The van der Waals surface area contributed by atoms with E-state index in [4.69, 9.17) is 0 Å². The van der Waals surface area contributed by atoms with Crippen LogP contribution in [0, 0.1) is 6.92 Å². The summed E-state index contributed by atoms with van der Waals surface area (Å²) in [5.74, 6) is 0. The molecule has 0 spiro atoms. The van der Waals surface area contributed by atoms with Crippen LogP contribution < -0.4 is 0 Å². The maximum Gasteiger partial charge on any atom is 0.435 e. The van der Waals surface area contributed by atoms with Gasteiger partial charge in [0.1, 0.15) is 0 Å². The largest absolute Gasteiger partial charge is 0.435 e. The first-order valence-electron chi connectivity index (χ1n) is 8.25. The lowest BCUT2D eigenvalue weighted by Gasteiger charge is -2.04. The first kappa shape index (κ1) is 17.1. The summed E-state index contributed by atoms with van der Waals surface area (Å²) in [5.41, 5.74) is 4.50. The van der Waals surface area contributed by atoms with Gasteiger partial charge in [0, 0.05) is 6.20 Å². The van der Waals surface area contributed by atoms with Crippen molar-refractivity contribution in [1.82, 2.24) is 20.2 Å². The summed E-state index contributed by atoms with van der Waals surface area (Å²) in [7, 11) is 0. The molecule has 0 atom stereocenters. The van der Waals surface area contributed by atoms with Gasteiger partial charge in [0.05, 0.1) is 22.8 Å². The molecule has 0 unspecified atom stereocenters. The van der Waals surface area contributed by atoms with Crippen molar-refractivity contribution in [3.8, 4) is 33.9 Å². The Morgan fingerprint density at radius 1 is 0.815 bits per heavy atom. The second kappa shape index (κ2) is 6.42. The molecule has 0 aliphatic carbocycles. The minimum absolute atomic E-state index is 0.267. The van der Waals surface area contributed by atoms with Crippen molar-refractivity contribution < 1.29 is 13.2 Å². The summed E-state index contributed by atoms with van der Waals surface area (Å²) in [6.45, 7) is 2.03. The zero-order valence-corrected chi connectivity index (χ0v) is 14.3. The molecule has 0 radical (unpaired) electrons. The fourth-order valence-electron chi connectivity index (χ4n) is 2.81. The van der Waals surface area contributed by atoms with Gasteiger partial charge in [-0.05, 0) is 48.4 Å². The second-order valence-electron chi connectivity index (χ2n) is 6.25. The van der Waals surface area contributed by atoms with Crippen LogP contribution in [0.4, 0.5) is 13.2 Å². The highest BCUT2D eigenvalue weighted by molar-refractivity contribution is 5.71. The highest BCUT2D eigenvalue weighted by atomic mass is 19.4. The smallest absolute Gasteiger partial charge is 0.352 e. The summed E-state index contributed by atoms with van der Waals surface area (Å²) in [6.07, 6.45) is -2.77. The molecule has 0 aliphatic rings. The molecule has 0 bridgehead atoms. The van der Waals surface area contributed by atoms with Crippen molar-refractivity contribution >= 4 is 0 Å². The van der Waals surface area contributed by atoms with Crippen LogP contribution in [0.2, 0.25) is 0 Å². The third kappa shape index (κ3) is 3.48. The van der Waals surface area contributed by atoms with Crippen LogP contribution in [0.3, 0.4) is 0 Å². The summed E-state index contributed by atoms with van der Waals surface area (Å²) in [6, 6.07) is 16.5. The molecule has 1 aromatic carbocycles. The number of aromatic nitrogens is 4. The Kier molecular flexibility index (Phi) is 4.07. The van der Waals surface area contributed by atoms with E-state index in [9.17, 15) is 13.2 Å². The average molecular weight is 368 g/mol. The van der Waals surface area contributed by atoms with Crippen LogP contribution in [-0.4, -0.2) is 20.2 Å². The fourth-order valence-corrected chi connectivity index (χ4v) is 2.81. The molecule has 7 heteroatoms. The highest BCUT2D eigenvalue weighted by Crippen LogP contribution is 2.31. The monoisotopic (exact) mass is 368 g/mol. The van der Waals surface area contributed by atoms with E-state index in [0.717, 1.165) is 17.2 Å². The van der Waals surface area contributed by atoms with E-state index in [2.05, 4.69) is 20.2 Å². The molecule has 0 aliphatic heterocycles. The topological polar surface area (TPSA) is 57.4 Å². The first-order valence-corrected chi connectivity index (χ1v) is 8.25. The molecular formula is C20H15F3N4. The molecule has 4 aromatic rings. The number of nitrogens with zero attached hydrogens (tertiary/aromatic N) is 2. The number of H-pyrrole nitrogens is 2. The molecule has 0 saturated carbocycles. The van der Waals surface area contributed by atoms with E-state index in [1.807, 2.05) is 43.3 Å². The average Bonchev–Trinajstić information content (AvgIpc) is 3.31. The molecule has 27 heavy (non-hydrogen) atoms. The van der Waals surface area contributed by atoms with Crippen LogP contribution in [0.15, 0.2) is 60.8 Å². The normalized spacial score (nSPS) is 11.7. The van der Waals surface area contributed by atoms with Crippen LogP contribution in [0.25, 0.3) is 33.9 Å². The van der Waals surface area contributed by atoms with Crippen molar-refractivity contribution in [3.63, 3.8) is 0 Å². The van der Waals surface area contributed by atoms with E-state index in [-0.39, 0.29) is 5.69 Å². The third-order valence-electron chi connectivity index (χ3n) is 4.27. The van der Waals surface area contributed by atoms with Gasteiger partial charge in [-0.25, -0.2) is 0 Å². The van der Waals surface area contributed by atoms with E-state index >= 15 is 0 Å². The number of aromatic amines is 2. The summed E-state index contributed by atoms with van der Waals surface area (Å²) in [5, 5.41) is 5.74. The SMILES string of the molecule is Cc1ccc(-c2ccnc(-c3ccc(-c4cc(C(F)(F)F)n[nH]4)[nH]3)c2)cc1. The Bertz CT molecular complexity index is 1080. The predicted octanol–water partition coefficient (Wildman–Crippen LogP) is 5.46. The fraction of sp³-hybridized carbons (Fsp3) is 0.100. The van der Waals surface area contributed by atoms with Crippen LogP contribution in [0.1, 0.15) is 11.3 Å². The Morgan fingerprint density at radius 3 is 2.26 bits per heavy atom. The standard InChI is InChI=1S/C20H15F3N4/c1-12-2-4-13(5-3-12)14-8-9-24-17(10-14)15-6-7-16(25-15)18-11-19(27-26-18)20(21,22)23/h2-11,25H,1H3,(H,26,27). The van der Waals surface area contributed by atoms with Crippen LogP contribution in [-0.2, 0) is 6.18 Å². The van der Waals surface area contributed by atoms with Crippen molar-refractivity contribution in [2.24, 2.45) is 0 Å². The number of nitrogens with one attached hydrogen (secondary N) is 2. The van der Waals surface area contributed by atoms with Gasteiger partial charge in [-0.3, -0.25) is 10.1 Å².